The van der Waals surface area contributed by atoms with Crippen LogP contribution in [0.15, 0.2) is 78.9 Å². The molecule has 1 aromatic heterocycles. The Kier molecular flexibility index (Phi) is 3.98. The van der Waals surface area contributed by atoms with Crippen LogP contribution in [0.4, 0.5) is 0 Å². The monoisotopic (exact) mass is 339 g/mol. The summed E-state index contributed by atoms with van der Waals surface area (Å²) in [7, 11) is 0. The van der Waals surface area contributed by atoms with Crippen molar-refractivity contribution in [2.24, 2.45) is 0 Å². The van der Waals surface area contributed by atoms with E-state index in [1.54, 1.807) is 0 Å². The zero-order valence-corrected chi connectivity index (χ0v) is 14.3. The number of aromatic nitrogens is 1. The maximum atomic E-state index is 12.2. The number of pyridine rings is 1. The number of benzene rings is 3. The van der Waals surface area contributed by atoms with E-state index in [0.717, 1.165) is 16.7 Å². The molecule has 3 nitrogen and oxygen atoms in total. The molecule has 0 aliphatic heterocycles. The molecule has 126 valence electrons. The van der Waals surface area contributed by atoms with Crippen molar-refractivity contribution in [2.75, 3.05) is 0 Å². The van der Waals surface area contributed by atoms with Gasteiger partial charge < -0.3 is 5.11 Å². The van der Waals surface area contributed by atoms with Gasteiger partial charge in [-0.25, -0.2) is 9.78 Å². The molecule has 0 aliphatic rings. The number of aromatic carboxylic acids is 1. The van der Waals surface area contributed by atoms with Gasteiger partial charge in [0.05, 0.1) is 16.8 Å². The number of carbonyl (C=O) groups is 1. The second-order valence-corrected chi connectivity index (χ2v) is 6.27. The van der Waals surface area contributed by atoms with Crippen LogP contribution in [0.1, 0.15) is 15.9 Å². The molecule has 0 aliphatic carbocycles. The topological polar surface area (TPSA) is 50.2 Å². The summed E-state index contributed by atoms with van der Waals surface area (Å²) in [5.74, 6) is -0.947. The molecule has 4 aromatic rings. The molecular formula is C23H17NO2. The van der Waals surface area contributed by atoms with E-state index < -0.39 is 5.97 Å². The first-order chi connectivity index (χ1) is 12.6. The molecule has 0 saturated heterocycles. The van der Waals surface area contributed by atoms with E-state index in [9.17, 15) is 9.90 Å². The van der Waals surface area contributed by atoms with Crippen LogP contribution in [-0.4, -0.2) is 16.1 Å². The summed E-state index contributed by atoms with van der Waals surface area (Å²) in [5, 5.41) is 10.7. The summed E-state index contributed by atoms with van der Waals surface area (Å²) in [5.41, 5.74) is 5.12. The molecule has 0 atom stereocenters. The van der Waals surface area contributed by atoms with Crippen LogP contribution in [-0.2, 0) is 0 Å². The lowest BCUT2D eigenvalue weighted by atomic mass is 9.91. The van der Waals surface area contributed by atoms with Crippen molar-refractivity contribution in [3.05, 3.63) is 90.0 Å². The van der Waals surface area contributed by atoms with E-state index in [2.05, 4.69) is 0 Å². The Morgan fingerprint density at radius 1 is 0.846 bits per heavy atom. The van der Waals surface area contributed by atoms with Gasteiger partial charge in [0, 0.05) is 16.5 Å². The molecular weight excluding hydrogens is 322 g/mol. The van der Waals surface area contributed by atoms with Gasteiger partial charge in [0.1, 0.15) is 0 Å². The van der Waals surface area contributed by atoms with E-state index in [4.69, 9.17) is 4.98 Å². The van der Waals surface area contributed by atoms with Gasteiger partial charge in [-0.2, -0.15) is 0 Å². The van der Waals surface area contributed by atoms with Crippen molar-refractivity contribution in [1.82, 2.24) is 4.98 Å². The van der Waals surface area contributed by atoms with Gasteiger partial charge >= 0.3 is 5.97 Å². The molecule has 3 heteroatoms. The maximum Gasteiger partial charge on any atom is 0.337 e. The van der Waals surface area contributed by atoms with Gasteiger partial charge in [0.15, 0.2) is 0 Å². The Bertz CT molecular complexity index is 1100. The molecule has 3 aromatic carbocycles. The molecule has 0 unspecified atom stereocenters. The van der Waals surface area contributed by atoms with Crippen LogP contribution >= 0.6 is 0 Å². The van der Waals surface area contributed by atoms with E-state index in [-0.39, 0.29) is 0 Å². The fourth-order valence-electron chi connectivity index (χ4n) is 3.29. The number of carboxylic acid groups (broad SMARTS) is 1. The molecule has 0 radical (unpaired) electrons. The lowest BCUT2D eigenvalue weighted by Crippen LogP contribution is -2.05. The molecule has 26 heavy (non-hydrogen) atoms. The number of hydrogen-bond acceptors (Lipinski definition) is 2. The largest absolute Gasteiger partial charge is 0.478 e. The molecule has 1 N–H and O–H groups in total. The highest BCUT2D eigenvalue weighted by Gasteiger charge is 2.22. The predicted molar refractivity (Wildman–Crippen MR) is 104 cm³/mol. The third-order valence-electron chi connectivity index (χ3n) is 4.47. The normalized spacial score (nSPS) is 10.8. The summed E-state index contributed by atoms with van der Waals surface area (Å²) in [6.07, 6.45) is 0. The Balaban J connectivity index is 2.19. The number of nitrogens with zero attached hydrogens (tertiary/aromatic N) is 1. The summed E-state index contributed by atoms with van der Waals surface area (Å²) < 4.78 is 0. The average Bonchev–Trinajstić information content (AvgIpc) is 2.67. The first-order valence-corrected chi connectivity index (χ1v) is 8.43. The zero-order chi connectivity index (χ0) is 18.1. The number of carboxylic acids is 1. The van der Waals surface area contributed by atoms with Gasteiger partial charge in [-0.15, -0.1) is 0 Å². The van der Waals surface area contributed by atoms with Crippen molar-refractivity contribution in [2.45, 2.75) is 6.92 Å². The van der Waals surface area contributed by atoms with Gasteiger partial charge in [-0.05, 0) is 24.1 Å². The van der Waals surface area contributed by atoms with Crippen molar-refractivity contribution in [3.8, 4) is 22.4 Å². The Morgan fingerprint density at radius 3 is 2.08 bits per heavy atom. The minimum absolute atomic E-state index is 0.292. The average molecular weight is 339 g/mol. The highest BCUT2D eigenvalue weighted by atomic mass is 16.4. The standard InChI is InChI=1S/C23H17NO2/c1-15-12-13-18-19(14-15)24-22(17-10-6-3-7-11-17)20(21(18)23(25)26)16-8-4-2-5-9-16/h2-14H,1H3,(H,25,26). The van der Waals surface area contributed by atoms with Gasteiger partial charge in [-0.1, -0.05) is 72.8 Å². The molecule has 0 bridgehead atoms. The van der Waals surface area contributed by atoms with Crippen molar-refractivity contribution in [1.29, 1.82) is 0 Å². The van der Waals surface area contributed by atoms with Gasteiger partial charge in [0.25, 0.3) is 0 Å². The van der Waals surface area contributed by atoms with Crippen molar-refractivity contribution in [3.63, 3.8) is 0 Å². The Hall–Kier alpha value is -3.46. The van der Waals surface area contributed by atoms with Gasteiger partial charge in [0.2, 0.25) is 0 Å². The van der Waals surface area contributed by atoms with Crippen LogP contribution in [0.2, 0.25) is 0 Å². The minimum Gasteiger partial charge on any atom is -0.478 e. The number of fused-ring (bicyclic) bond motifs is 1. The summed E-state index contributed by atoms with van der Waals surface area (Å²) >= 11 is 0. The second-order valence-electron chi connectivity index (χ2n) is 6.27. The van der Waals surface area contributed by atoms with E-state index in [1.165, 1.54) is 0 Å². The second kappa shape index (κ2) is 6.45. The predicted octanol–water partition coefficient (Wildman–Crippen LogP) is 5.58. The van der Waals surface area contributed by atoms with E-state index in [0.29, 0.717) is 27.7 Å². The van der Waals surface area contributed by atoms with Crippen LogP contribution < -0.4 is 0 Å². The Morgan fingerprint density at radius 2 is 1.46 bits per heavy atom. The van der Waals surface area contributed by atoms with Crippen LogP contribution in [0.3, 0.4) is 0 Å². The van der Waals surface area contributed by atoms with Crippen molar-refractivity contribution >= 4 is 16.9 Å². The minimum atomic E-state index is -0.947. The molecule has 4 rings (SSSR count). The number of rotatable bonds is 3. The first-order valence-electron chi connectivity index (χ1n) is 8.43. The lowest BCUT2D eigenvalue weighted by molar-refractivity contribution is 0.0700. The molecule has 0 spiro atoms. The smallest absolute Gasteiger partial charge is 0.337 e. The van der Waals surface area contributed by atoms with E-state index >= 15 is 0 Å². The molecule has 0 saturated carbocycles. The highest BCUT2D eigenvalue weighted by molar-refractivity contribution is 6.11. The lowest BCUT2D eigenvalue weighted by Gasteiger charge is -2.16. The fraction of sp³-hybridized carbons (Fsp3) is 0.0435. The molecule has 0 amide bonds. The summed E-state index contributed by atoms with van der Waals surface area (Å²) in [4.78, 5) is 17.1. The Labute approximate surface area is 151 Å². The third-order valence-corrected chi connectivity index (χ3v) is 4.47. The number of aryl methyl sites for hydroxylation is 1. The first kappa shape index (κ1) is 16.0. The van der Waals surface area contributed by atoms with Gasteiger partial charge in [-0.3, -0.25) is 0 Å². The zero-order valence-electron chi connectivity index (χ0n) is 14.3. The third kappa shape index (κ3) is 2.74. The maximum absolute atomic E-state index is 12.2. The van der Waals surface area contributed by atoms with Crippen LogP contribution in [0.5, 0.6) is 0 Å². The van der Waals surface area contributed by atoms with E-state index in [1.807, 2.05) is 85.8 Å². The molecule has 1 heterocycles. The summed E-state index contributed by atoms with van der Waals surface area (Å²) in [6.45, 7) is 1.98. The SMILES string of the molecule is Cc1ccc2c(C(=O)O)c(-c3ccccc3)c(-c3ccccc3)nc2c1. The number of hydrogen-bond donors (Lipinski definition) is 1. The van der Waals surface area contributed by atoms with Crippen LogP contribution in [0, 0.1) is 6.92 Å². The van der Waals surface area contributed by atoms with Crippen LogP contribution in [0.25, 0.3) is 33.3 Å². The quantitative estimate of drug-likeness (QED) is 0.530. The summed E-state index contributed by atoms with van der Waals surface area (Å²) in [6, 6.07) is 25.0. The van der Waals surface area contributed by atoms with Crippen molar-refractivity contribution < 1.29 is 9.90 Å². The highest BCUT2D eigenvalue weighted by Crippen LogP contribution is 2.37. The fourth-order valence-corrected chi connectivity index (χ4v) is 3.29. The molecule has 0 fully saturated rings.